The Labute approximate surface area is 194 Å². The van der Waals surface area contributed by atoms with Crippen LogP contribution >= 0.6 is 22.9 Å². The molecule has 0 radical (unpaired) electrons. The van der Waals surface area contributed by atoms with E-state index >= 15 is 0 Å². The first-order chi connectivity index (χ1) is 15.2. The summed E-state index contributed by atoms with van der Waals surface area (Å²) in [5, 5.41) is 10.3. The van der Waals surface area contributed by atoms with Crippen molar-refractivity contribution in [3.63, 3.8) is 0 Å². The van der Waals surface area contributed by atoms with Crippen LogP contribution in [0.2, 0.25) is 5.02 Å². The Kier molecular flexibility index (Phi) is 6.52. The number of thiophene rings is 1. The number of hydrogen-bond donors (Lipinski definition) is 1. The van der Waals surface area contributed by atoms with Gasteiger partial charge in [-0.25, -0.2) is 26.8 Å². The SMILES string of the molecule is CS(=O)(=O)N1CCC(c2nn(CC(=O)Nc3cccc(Cl)c3)c(=O)n2-c2cccs2)CC1. The van der Waals surface area contributed by atoms with Crippen LogP contribution in [0.4, 0.5) is 5.69 Å². The molecule has 0 aliphatic carbocycles. The van der Waals surface area contributed by atoms with Crippen LogP contribution in [0, 0.1) is 0 Å². The highest BCUT2D eigenvalue weighted by Crippen LogP contribution is 2.29. The fourth-order valence-corrected chi connectivity index (χ4v) is 5.54. The summed E-state index contributed by atoms with van der Waals surface area (Å²) in [6.45, 7) is 0.480. The number of nitrogens with one attached hydrogen (secondary N) is 1. The first-order valence-electron chi connectivity index (χ1n) is 9.96. The first kappa shape index (κ1) is 22.7. The highest BCUT2D eigenvalue weighted by atomic mass is 35.5. The van der Waals surface area contributed by atoms with Gasteiger partial charge in [-0.2, -0.15) is 5.10 Å². The topological polar surface area (TPSA) is 106 Å². The second-order valence-corrected chi connectivity index (χ2v) is 10.9. The van der Waals surface area contributed by atoms with Crippen molar-refractivity contribution in [2.24, 2.45) is 0 Å². The highest BCUT2D eigenvalue weighted by molar-refractivity contribution is 7.88. The number of nitrogens with zero attached hydrogens (tertiary/aromatic N) is 4. The molecule has 0 spiro atoms. The van der Waals surface area contributed by atoms with Crippen molar-refractivity contribution in [1.82, 2.24) is 18.7 Å². The normalized spacial score (nSPS) is 15.7. The van der Waals surface area contributed by atoms with Gasteiger partial charge in [-0.05, 0) is 48.6 Å². The van der Waals surface area contributed by atoms with Crippen molar-refractivity contribution >= 4 is 44.6 Å². The molecule has 0 unspecified atom stereocenters. The maximum absolute atomic E-state index is 13.2. The van der Waals surface area contributed by atoms with Gasteiger partial charge in [-0.15, -0.1) is 11.3 Å². The zero-order chi connectivity index (χ0) is 22.9. The van der Waals surface area contributed by atoms with Gasteiger partial charge in [0.15, 0.2) is 0 Å². The molecule has 1 N–H and O–H groups in total. The summed E-state index contributed by atoms with van der Waals surface area (Å²) in [7, 11) is -3.26. The zero-order valence-electron chi connectivity index (χ0n) is 17.3. The number of benzene rings is 1. The van der Waals surface area contributed by atoms with E-state index < -0.39 is 21.6 Å². The number of rotatable bonds is 6. The number of aromatic nitrogens is 3. The lowest BCUT2D eigenvalue weighted by Gasteiger charge is -2.29. The number of piperidine rings is 1. The van der Waals surface area contributed by atoms with Gasteiger partial charge in [0.05, 0.1) is 6.26 Å². The summed E-state index contributed by atoms with van der Waals surface area (Å²) in [5.41, 5.74) is 0.121. The molecular weight excluding hydrogens is 474 g/mol. The van der Waals surface area contributed by atoms with Gasteiger partial charge in [0.1, 0.15) is 17.4 Å². The molecule has 9 nitrogen and oxygen atoms in total. The summed E-state index contributed by atoms with van der Waals surface area (Å²) in [4.78, 5) is 25.7. The van der Waals surface area contributed by atoms with Crippen LogP contribution in [0.15, 0.2) is 46.6 Å². The molecule has 12 heteroatoms. The minimum absolute atomic E-state index is 0.0972. The third-order valence-electron chi connectivity index (χ3n) is 5.28. The van der Waals surface area contributed by atoms with E-state index in [1.165, 1.54) is 26.5 Å². The number of sulfonamides is 1. The van der Waals surface area contributed by atoms with E-state index in [1.54, 1.807) is 24.3 Å². The van der Waals surface area contributed by atoms with Crippen LogP contribution in [0.1, 0.15) is 24.6 Å². The standard InChI is InChI=1S/C20H22ClN5O4S2/c1-32(29,30)24-9-7-14(8-10-24)19-23-25(20(28)26(19)18-6-3-11-31-18)13-17(27)22-16-5-2-4-15(21)12-16/h2-6,11-12,14H,7-10,13H2,1H3,(H,22,27). The molecule has 0 atom stereocenters. The van der Waals surface area contributed by atoms with E-state index in [4.69, 9.17) is 11.6 Å². The maximum atomic E-state index is 13.2. The summed E-state index contributed by atoms with van der Waals surface area (Å²) >= 11 is 7.35. The third kappa shape index (κ3) is 4.96. The molecular formula is C20H22ClN5O4S2. The molecule has 1 saturated heterocycles. The van der Waals surface area contributed by atoms with Crippen molar-refractivity contribution in [3.05, 3.63) is 63.1 Å². The summed E-state index contributed by atoms with van der Waals surface area (Å²) < 4.78 is 27.8. The van der Waals surface area contributed by atoms with E-state index in [9.17, 15) is 18.0 Å². The van der Waals surface area contributed by atoms with Gasteiger partial charge in [0, 0.05) is 29.7 Å². The van der Waals surface area contributed by atoms with Gasteiger partial charge in [0.25, 0.3) is 0 Å². The number of hydrogen-bond acceptors (Lipinski definition) is 6. The van der Waals surface area contributed by atoms with Crippen molar-refractivity contribution in [3.8, 4) is 5.00 Å². The molecule has 3 aromatic rings. The lowest BCUT2D eigenvalue weighted by molar-refractivity contribution is -0.117. The Morgan fingerprint density at radius 1 is 1.25 bits per heavy atom. The molecule has 3 heterocycles. The molecule has 1 aliphatic heterocycles. The summed E-state index contributed by atoms with van der Waals surface area (Å²) in [5.74, 6) is 0.0461. The minimum Gasteiger partial charge on any atom is -0.324 e. The van der Waals surface area contributed by atoms with Crippen LogP contribution in [0.25, 0.3) is 5.00 Å². The first-order valence-corrected chi connectivity index (χ1v) is 13.1. The van der Waals surface area contributed by atoms with E-state index in [0.29, 0.717) is 47.5 Å². The van der Waals surface area contributed by atoms with Gasteiger partial charge >= 0.3 is 5.69 Å². The number of halogens is 1. The lowest BCUT2D eigenvalue weighted by Crippen LogP contribution is -2.37. The zero-order valence-corrected chi connectivity index (χ0v) is 19.7. The van der Waals surface area contributed by atoms with Crippen molar-refractivity contribution in [2.45, 2.75) is 25.3 Å². The van der Waals surface area contributed by atoms with Crippen LogP contribution in [0.3, 0.4) is 0 Å². The number of anilines is 1. The minimum atomic E-state index is -3.26. The Hall–Kier alpha value is -2.47. The van der Waals surface area contributed by atoms with Crippen molar-refractivity contribution < 1.29 is 13.2 Å². The smallest absolute Gasteiger partial charge is 0.324 e. The molecule has 2 aromatic heterocycles. The highest BCUT2D eigenvalue weighted by Gasteiger charge is 2.30. The van der Waals surface area contributed by atoms with Crippen molar-refractivity contribution in [2.75, 3.05) is 24.7 Å². The average Bonchev–Trinajstić information content (AvgIpc) is 3.36. The van der Waals surface area contributed by atoms with Gasteiger partial charge in [-0.1, -0.05) is 17.7 Å². The van der Waals surface area contributed by atoms with E-state index in [2.05, 4.69) is 10.4 Å². The van der Waals surface area contributed by atoms with Crippen LogP contribution in [-0.4, -0.2) is 52.3 Å². The fraction of sp³-hybridized carbons (Fsp3) is 0.350. The van der Waals surface area contributed by atoms with Crippen LogP contribution < -0.4 is 11.0 Å². The largest absolute Gasteiger partial charge is 0.351 e. The summed E-state index contributed by atoms with van der Waals surface area (Å²) in [6, 6.07) is 10.4. The number of carbonyl (C=O) groups excluding carboxylic acids is 1. The van der Waals surface area contributed by atoms with Crippen LogP contribution in [-0.2, 0) is 21.4 Å². The molecule has 170 valence electrons. The molecule has 32 heavy (non-hydrogen) atoms. The Bertz CT molecular complexity index is 1280. The molecule has 0 saturated carbocycles. The van der Waals surface area contributed by atoms with Gasteiger partial charge in [0.2, 0.25) is 15.9 Å². The van der Waals surface area contributed by atoms with Gasteiger partial charge in [-0.3, -0.25) is 4.79 Å². The number of carbonyl (C=O) groups is 1. The predicted molar refractivity (Wildman–Crippen MR) is 124 cm³/mol. The molecule has 4 rings (SSSR count). The fourth-order valence-electron chi connectivity index (χ4n) is 3.74. The van der Waals surface area contributed by atoms with E-state index in [-0.39, 0.29) is 12.5 Å². The molecule has 1 aromatic carbocycles. The second kappa shape index (κ2) is 9.18. The van der Waals surface area contributed by atoms with Crippen LogP contribution in [0.5, 0.6) is 0 Å². The summed E-state index contributed by atoms with van der Waals surface area (Å²) in [6.07, 6.45) is 2.29. The lowest BCUT2D eigenvalue weighted by atomic mass is 9.97. The Morgan fingerprint density at radius 2 is 2.00 bits per heavy atom. The monoisotopic (exact) mass is 495 g/mol. The quantitative estimate of drug-likeness (QED) is 0.565. The van der Waals surface area contributed by atoms with E-state index in [1.807, 2.05) is 17.5 Å². The second-order valence-electron chi connectivity index (χ2n) is 7.58. The predicted octanol–water partition coefficient (Wildman–Crippen LogP) is 2.53. The van der Waals surface area contributed by atoms with Crippen molar-refractivity contribution in [1.29, 1.82) is 0 Å². The number of amides is 1. The Morgan fingerprint density at radius 3 is 2.62 bits per heavy atom. The molecule has 1 amide bonds. The Balaban J connectivity index is 1.59. The molecule has 1 aliphatic rings. The maximum Gasteiger partial charge on any atom is 0.351 e. The van der Waals surface area contributed by atoms with E-state index in [0.717, 1.165) is 4.68 Å². The molecule has 1 fully saturated rings. The van der Waals surface area contributed by atoms with Gasteiger partial charge < -0.3 is 5.32 Å². The molecule has 0 bridgehead atoms. The average molecular weight is 496 g/mol. The third-order valence-corrected chi connectivity index (χ3v) is 7.67.